The number of aromatic hydroxyl groups is 3. The molecule has 0 radical (unpaired) electrons. The second-order valence-electron chi connectivity index (χ2n) is 8.30. The van der Waals surface area contributed by atoms with E-state index in [0.717, 1.165) is 11.1 Å². The number of fused-ring (bicyclic) bond motifs is 1. The van der Waals surface area contributed by atoms with Gasteiger partial charge in [0.25, 0.3) is 0 Å². The van der Waals surface area contributed by atoms with Crippen LogP contribution in [0.4, 0.5) is 0 Å². The van der Waals surface area contributed by atoms with Gasteiger partial charge in [-0.3, -0.25) is 4.79 Å². The number of phenolic OH excluding ortho intramolecular Hbond substituents is 3. The van der Waals surface area contributed by atoms with Gasteiger partial charge in [-0.05, 0) is 71.2 Å². The summed E-state index contributed by atoms with van der Waals surface area (Å²) in [6, 6.07) is 6.42. The van der Waals surface area contributed by atoms with Crippen molar-refractivity contribution in [2.24, 2.45) is 0 Å². The van der Waals surface area contributed by atoms with E-state index in [0.29, 0.717) is 40.9 Å². The maximum Gasteiger partial charge on any atom is 0.199 e. The summed E-state index contributed by atoms with van der Waals surface area (Å²) in [5.74, 6) is 0.120. The third-order valence-electron chi connectivity index (χ3n) is 5.25. The molecule has 0 unspecified atom stereocenters. The van der Waals surface area contributed by atoms with Gasteiger partial charge in [0.05, 0.1) is 0 Å². The fraction of sp³-hybridized carbons (Fsp3) is 0.269. The Morgan fingerprint density at radius 2 is 1.58 bits per heavy atom. The van der Waals surface area contributed by atoms with Crippen LogP contribution in [0.3, 0.4) is 0 Å². The predicted octanol–water partition coefficient (Wildman–Crippen LogP) is 5.90. The molecule has 1 heterocycles. The highest BCUT2D eigenvalue weighted by Crippen LogP contribution is 2.37. The van der Waals surface area contributed by atoms with Gasteiger partial charge in [0.1, 0.15) is 34.0 Å². The Labute approximate surface area is 181 Å². The highest BCUT2D eigenvalue weighted by molar-refractivity contribution is 5.89. The van der Waals surface area contributed by atoms with Crippen molar-refractivity contribution in [1.29, 1.82) is 0 Å². The topological polar surface area (TPSA) is 90.9 Å². The zero-order chi connectivity index (χ0) is 22.9. The van der Waals surface area contributed by atoms with Crippen molar-refractivity contribution in [2.75, 3.05) is 0 Å². The molecule has 3 aromatic rings. The molecule has 0 fully saturated rings. The van der Waals surface area contributed by atoms with Gasteiger partial charge in [-0.1, -0.05) is 23.3 Å². The molecule has 5 heteroatoms. The summed E-state index contributed by atoms with van der Waals surface area (Å²) in [6.07, 6.45) is 4.73. The van der Waals surface area contributed by atoms with Gasteiger partial charge >= 0.3 is 0 Å². The van der Waals surface area contributed by atoms with Crippen LogP contribution >= 0.6 is 0 Å². The van der Waals surface area contributed by atoms with Crippen molar-refractivity contribution >= 4 is 11.0 Å². The molecule has 0 saturated heterocycles. The zero-order valence-corrected chi connectivity index (χ0v) is 18.5. The van der Waals surface area contributed by atoms with Crippen LogP contribution in [0, 0.1) is 6.92 Å². The molecule has 3 N–H and O–H groups in total. The Kier molecular flexibility index (Phi) is 6.25. The summed E-state index contributed by atoms with van der Waals surface area (Å²) >= 11 is 0. The molecule has 0 aliphatic carbocycles. The fourth-order valence-corrected chi connectivity index (χ4v) is 3.44. The van der Waals surface area contributed by atoms with Crippen molar-refractivity contribution < 1.29 is 19.7 Å². The van der Waals surface area contributed by atoms with Gasteiger partial charge in [-0.15, -0.1) is 0 Å². The van der Waals surface area contributed by atoms with Crippen LogP contribution in [0.5, 0.6) is 17.2 Å². The molecular weight excluding hydrogens is 392 g/mol. The standard InChI is InChI=1S/C26H28O5/c1-14(2)6-8-17-12-18(9-11-20(17)27)26-16(5)24(29)23-22(31-26)13-21(28)19(25(23)30)10-7-15(3)4/h6-7,9,11-13,27-28,30H,8,10H2,1-5H3. The van der Waals surface area contributed by atoms with Gasteiger partial charge in [0, 0.05) is 22.8 Å². The van der Waals surface area contributed by atoms with Gasteiger partial charge in [0.2, 0.25) is 0 Å². The minimum atomic E-state index is -0.355. The Hall–Kier alpha value is -3.47. The molecule has 0 amide bonds. The largest absolute Gasteiger partial charge is 0.508 e. The van der Waals surface area contributed by atoms with Crippen LogP contribution in [0.1, 0.15) is 44.4 Å². The third-order valence-corrected chi connectivity index (χ3v) is 5.25. The van der Waals surface area contributed by atoms with E-state index in [9.17, 15) is 20.1 Å². The van der Waals surface area contributed by atoms with Crippen LogP contribution in [-0.2, 0) is 12.8 Å². The second-order valence-corrected chi connectivity index (χ2v) is 8.30. The Morgan fingerprint density at radius 3 is 2.23 bits per heavy atom. The molecular formula is C26H28O5. The molecule has 0 aliphatic heterocycles. The summed E-state index contributed by atoms with van der Waals surface area (Å²) in [4.78, 5) is 13.1. The molecule has 31 heavy (non-hydrogen) atoms. The second kappa shape index (κ2) is 8.72. The first-order chi connectivity index (χ1) is 14.6. The van der Waals surface area contributed by atoms with Crippen LogP contribution in [0.2, 0.25) is 0 Å². The number of allylic oxidation sites excluding steroid dienone is 4. The van der Waals surface area contributed by atoms with Crippen molar-refractivity contribution in [1.82, 2.24) is 0 Å². The molecule has 5 nitrogen and oxygen atoms in total. The zero-order valence-electron chi connectivity index (χ0n) is 18.5. The molecule has 3 rings (SSSR count). The highest BCUT2D eigenvalue weighted by atomic mass is 16.3. The minimum absolute atomic E-state index is 0.0553. The molecule has 0 aliphatic rings. The smallest absolute Gasteiger partial charge is 0.199 e. The van der Waals surface area contributed by atoms with E-state index in [1.807, 2.05) is 39.8 Å². The van der Waals surface area contributed by atoms with Gasteiger partial charge < -0.3 is 19.7 Å². The number of phenols is 3. The molecule has 2 aromatic carbocycles. The van der Waals surface area contributed by atoms with E-state index in [4.69, 9.17) is 4.42 Å². The Morgan fingerprint density at radius 1 is 0.935 bits per heavy atom. The molecule has 1 aromatic heterocycles. The average molecular weight is 421 g/mol. The van der Waals surface area contributed by atoms with Gasteiger partial charge in [0.15, 0.2) is 5.43 Å². The Bertz CT molecular complexity index is 1270. The lowest BCUT2D eigenvalue weighted by Crippen LogP contribution is -2.08. The lowest BCUT2D eigenvalue weighted by atomic mass is 9.99. The predicted molar refractivity (Wildman–Crippen MR) is 124 cm³/mol. The first-order valence-corrected chi connectivity index (χ1v) is 10.2. The quantitative estimate of drug-likeness (QED) is 0.447. The number of hydrogen-bond acceptors (Lipinski definition) is 5. The van der Waals surface area contributed by atoms with Crippen LogP contribution < -0.4 is 5.43 Å². The fourth-order valence-electron chi connectivity index (χ4n) is 3.44. The maximum absolute atomic E-state index is 13.1. The van der Waals surface area contributed by atoms with Gasteiger partial charge in [-0.25, -0.2) is 0 Å². The first kappa shape index (κ1) is 22.2. The molecule has 0 saturated carbocycles. The summed E-state index contributed by atoms with van der Waals surface area (Å²) < 4.78 is 5.99. The normalized spacial score (nSPS) is 10.9. The first-order valence-electron chi connectivity index (χ1n) is 10.2. The van der Waals surface area contributed by atoms with Crippen LogP contribution in [0.15, 0.2) is 56.8 Å². The van der Waals surface area contributed by atoms with E-state index in [2.05, 4.69) is 0 Å². The SMILES string of the molecule is CC(C)=CCc1cc(-c2oc3cc(O)c(CC=C(C)C)c(O)c3c(=O)c2C)ccc1O. The van der Waals surface area contributed by atoms with Crippen molar-refractivity contribution in [3.63, 3.8) is 0 Å². The number of benzene rings is 2. The molecule has 0 bridgehead atoms. The van der Waals surface area contributed by atoms with E-state index in [1.54, 1.807) is 25.1 Å². The van der Waals surface area contributed by atoms with Crippen molar-refractivity contribution in [3.8, 4) is 28.6 Å². The van der Waals surface area contributed by atoms with E-state index in [-0.39, 0.29) is 33.6 Å². The van der Waals surface area contributed by atoms with Crippen LogP contribution in [0.25, 0.3) is 22.3 Å². The number of rotatable bonds is 5. The minimum Gasteiger partial charge on any atom is -0.508 e. The summed E-state index contributed by atoms with van der Waals surface area (Å²) in [7, 11) is 0. The summed E-state index contributed by atoms with van der Waals surface area (Å²) in [5, 5.41) is 31.4. The highest BCUT2D eigenvalue weighted by Gasteiger charge is 2.20. The summed E-state index contributed by atoms with van der Waals surface area (Å²) in [6.45, 7) is 9.45. The van der Waals surface area contributed by atoms with Crippen molar-refractivity contribution in [3.05, 3.63) is 74.5 Å². The third kappa shape index (κ3) is 4.50. The van der Waals surface area contributed by atoms with E-state index in [1.165, 1.54) is 6.07 Å². The molecule has 162 valence electrons. The maximum atomic E-state index is 13.1. The molecule has 0 atom stereocenters. The average Bonchev–Trinajstić information content (AvgIpc) is 2.69. The van der Waals surface area contributed by atoms with E-state index < -0.39 is 0 Å². The van der Waals surface area contributed by atoms with E-state index >= 15 is 0 Å². The lowest BCUT2D eigenvalue weighted by molar-refractivity contribution is 0.442. The van der Waals surface area contributed by atoms with Crippen molar-refractivity contribution in [2.45, 2.75) is 47.5 Å². The molecule has 0 spiro atoms. The van der Waals surface area contributed by atoms with Crippen LogP contribution in [-0.4, -0.2) is 15.3 Å². The van der Waals surface area contributed by atoms with Gasteiger partial charge in [-0.2, -0.15) is 0 Å². The number of hydrogen-bond donors (Lipinski definition) is 3. The summed E-state index contributed by atoms with van der Waals surface area (Å²) in [5.41, 5.74) is 3.92. The monoisotopic (exact) mass is 420 g/mol. The lowest BCUT2D eigenvalue weighted by Gasteiger charge is -2.13. The Balaban J connectivity index is 2.21.